The Bertz CT molecular complexity index is 1280. The van der Waals surface area contributed by atoms with Crippen molar-refractivity contribution in [2.45, 2.75) is 6.54 Å². The van der Waals surface area contributed by atoms with E-state index in [4.69, 9.17) is 17.0 Å². The fourth-order valence-electron chi connectivity index (χ4n) is 3.39. The fraction of sp³-hybridized carbons (Fsp3) is 0.0909. The van der Waals surface area contributed by atoms with Gasteiger partial charge in [0.25, 0.3) is 11.8 Å². The van der Waals surface area contributed by atoms with Gasteiger partial charge in [0.05, 0.1) is 12.8 Å². The lowest BCUT2D eigenvalue weighted by Crippen LogP contribution is -2.54. The van der Waals surface area contributed by atoms with Gasteiger partial charge in [-0.1, -0.05) is 40.2 Å². The molecule has 4 rings (SSSR count). The lowest BCUT2D eigenvalue weighted by molar-refractivity contribution is -0.141. The number of benzene rings is 2. The molecule has 0 atom stereocenters. The summed E-state index contributed by atoms with van der Waals surface area (Å²) in [6.45, 7) is 0.00851. The summed E-state index contributed by atoms with van der Waals surface area (Å²) >= 11 is 8.62. The number of thiocarbonyl (C=S) groups is 1. The van der Waals surface area contributed by atoms with Gasteiger partial charge in [-0.3, -0.25) is 24.6 Å². The fourth-order valence-corrected chi connectivity index (χ4v) is 4.06. The van der Waals surface area contributed by atoms with E-state index in [9.17, 15) is 14.4 Å². The van der Waals surface area contributed by atoms with Gasteiger partial charge in [0.15, 0.2) is 5.11 Å². The third-order valence-electron chi connectivity index (χ3n) is 4.81. The summed E-state index contributed by atoms with van der Waals surface area (Å²) in [5.74, 6) is -1.51. The molecule has 0 spiro atoms. The first kappa shape index (κ1) is 21.0. The standard InChI is InChI=1S/C22H16BrN3O4S/c1-30-19(27)12-25-11-13(16-7-2-3-8-18(16)25)9-17-20(28)24-22(31)26(21(17)29)15-6-4-5-14(23)10-15/h2-11H,12H2,1H3,(H,24,28,31)/b17-9-. The Morgan fingerprint density at radius 3 is 2.71 bits per heavy atom. The van der Waals surface area contributed by atoms with Gasteiger partial charge in [-0.25, -0.2) is 0 Å². The van der Waals surface area contributed by atoms with E-state index in [2.05, 4.69) is 21.2 Å². The second-order valence-corrected chi connectivity index (χ2v) is 8.05. The molecule has 1 saturated heterocycles. The predicted molar refractivity (Wildman–Crippen MR) is 124 cm³/mol. The topological polar surface area (TPSA) is 80.6 Å². The van der Waals surface area contributed by atoms with Gasteiger partial charge in [0.1, 0.15) is 12.1 Å². The van der Waals surface area contributed by atoms with Gasteiger partial charge in [0.2, 0.25) is 0 Å². The number of hydrogen-bond acceptors (Lipinski definition) is 5. The van der Waals surface area contributed by atoms with Gasteiger partial charge < -0.3 is 9.30 Å². The monoisotopic (exact) mass is 497 g/mol. The van der Waals surface area contributed by atoms with Gasteiger partial charge in [-0.2, -0.15) is 0 Å². The molecular weight excluding hydrogens is 482 g/mol. The van der Waals surface area contributed by atoms with Crippen molar-refractivity contribution in [3.8, 4) is 0 Å². The predicted octanol–water partition coefficient (Wildman–Crippen LogP) is 3.41. The van der Waals surface area contributed by atoms with Gasteiger partial charge in [-0.05, 0) is 42.6 Å². The molecule has 0 unspecified atom stereocenters. The molecule has 0 aliphatic carbocycles. The molecule has 31 heavy (non-hydrogen) atoms. The highest BCUT2D eigenvalue weighted by molar-refractivity contribution is 9.10. The zero-order chi connectivity index (χ0) is 22.1. The summed E-state index contributed by atoms with van der Waals surface area (Å²) in [5.41, 5.74) is 1.88. The second-order valence-electron chi connectivity index (χ2n) is 6.74. The molecule has 2 heterocycles. The lowest BCUT2D eigenvalue weighted by atomic mass is 10.1. The number of rotatable bonds is 4. The van der Waals surface area contributed by atoms with E-state index in [-0.39, 0.29) is 17.2 Å². The van der Waals surface area contributed by atoms with Crippen molar-refractivity contribution < 1.29 is 19.1 Å². The summed E-state index contributed by atoms with van der Waals surface area (Å²) < 4.78 is 7.25. The molecule has 1 aliphatic heterocycles. The first-order valence-corrected chi connectivity index (χ1v) is 10.4. The lowest BCUT2D eigenvalue weighted by Gasteiger charge is -2.29. The van der Waals surface area contributed by atoms with Crippen molar-refractivity contribution in [1.82, 2.24) is 9.88 Å². The Morgan fingerprint density at radius 2 is 1.97 bits per heavy atom. The van der Waals surface area contributed by atoms with Crippen LogP contribution in [-0.2, 0) is 25.7 Å². The normalized spacial score (nSPS) is 15.5. The van der Waals surface area contributed by atoms with Crippen molar-refractivity contribution in [1.29, 1.82) is 0 Å². The second kappa shape index (κ2) is 8.44. The number of fused-ring (bicyclic) bond motifs is 1. The first-order chi connectivity index (χ1) is 14.9. The van der Waals surface area contributed by atoms with E-state index in [1.807, 2.05) is 30.3 Å². The molecule has 0 radical (unpaired) electrons. The Morgan fingerprint density at radius 1 is 1.19 bits per heavy atom. The third kappa shape index (κ3) is 4.01. The Kier molecular flexibility index (Phi) is 5.71. The number of methoxy groups -OCH3 is 1. The minimum atomic E-state index is -0.578. The summed E-state index contributed by atoms with van der Waals surface area (Å²) in [4.78, 5) is 38.9. The molecule has 2 aromatic carbocycles. The van der Waals surface area contributed by atoms with Gasteiger partial charge >= 0.3 is 5.97 Å². The molecule has 0 saturated carbocycles. The number of hydrogen-bond donors (Lipinski definition) is 1. The first-order valence-electron chi connectivity index (χ1n) is 9.21. The molecule has 1 aliphatic rings. The number of halogens is 1. The van der Waals surface area contributed by atoms with Crippen LogP contribution >= 0.6 is 28.1 Å². The minimum absolute atomic E-state index is 0.00851. The van der Waals surface area contributed by atoms with Crippen LogP contribution in [0.1, 0.15) is 5.56 Å². The van der Waals surface area contributed by atoms with Crippen molar-refractivity contribution in [3.05, 3.63) is 70.3 Å². The maximum atomic E-state index is 13.2. The molecule has 156 valence electrons. The van der Waals surface area contributed by atoms with Crippen LogP contribution in [0, 0.1) is 0 Å². The highest BCUT2D eigenvalue weighted by Crippen LogP contribution is 2.27. The molecule has 9 heteroatoms. The average Bonchev–Trinajstić information content (AvgIpc) is 3.08. The van der Waals surface area contributed by atoms with Crippen LogP contribution in [0.5, 0.6) is 0 Å². The molecule has 1 aromatic heterocycles. The van der Waals surface area contributed by atoms with E-state index in [0.717, 1.165) is 15.4 Å². The van der Waals surface area contributed by atoms with Gasteiger partial charge in [0, 0.05) is 27.1 Å². The summed E-state index contributed by atoms with van der Waals surface area (Å²) in [5, 5.41) is 3.38. The van der Waals surface area contributed by atoms with E-state index in [1.54, 1.807) is 29.0 Å². The number of carbonyl (C=O) groups is 3. The van der Waals surface area contributed by atoms with Crippen LogP contribution in [0.4, 0.5) is 5.69 Å². The highest BCUT2D eigenvalue weighted by atomic mass is 79.9. The number of ether oxygens (including phenoxy) is 1. The van der Waals surface area contributed by atoms with Gasteiger partial charge in [-0.15, -0.1) is 0 Å². The number of anilines is 1. The largest absolute Gasteiger partial charge is 0.468 e. The van der Waals surface area contributed by atoms with E-state index < -0.39 is 17.8 Å². The summed E-state index contributed by atoms with van der Waals surface area (Å²) in [6, 6.07) is 14.5. The van der Waals surface area contributed by atoms with Crippen molar-refractivity contribution >= 4 is 73.7 Å². The maximum absolute atomic E-state index is 13.2. The Hall–Kier alpha value is -3.30. The molecular formula is C22H16BrN3O4S. The quantitative estimate of drug-likeness (QED) is 0.258. The van der Waals surface area contributed by atoms with Crippen molar-refractivity contribution in [3.63, 3.8) is 0 Å². The third-order valence-corrected chi connectivity index (χ3v) is 5.59. The number of amides is 2. The number of carbonyl (C=O) groups excluding carboxylic acids is 3. The molecule has 0 bridgehead atoms. The zero-order valence-electron chi connectivity index (χ0n) is 16.3. The van der Waals surface area contributed by atoms with E-state index >= 15 is 0 Å². The SMILES string of the molecule is COC(=O)Cn1cc(/C=C2/C(=O)NC(=S)N(c3cccc(Br)c3)C2=O)c2ccccc21. The number of aromatic nitrogens is 1. The molecule has 1 N–H and O–H groups in total. The van der Waals surface area contributed by atoms with Crippen molar-refractivity contribution in [2.24, 2.45) is 0 Å². The van der Waals surface area contributed by atoms with Crippen LogP contribution in [0.3, 0.4) is 0 Å². The highest BCUT2D eigenvalue weighted by Gasteiger charge is 2.34. The van der Waals surface area contributed by atoms with E-state index in [1.165, 1.54) is 18.1 Å². The zero-order valence-corrected chi connectivity index (χ0v) is 18.7. The molecule has 3 aromatic rings. The van der Waals surface area contributed by atoms with Crippen LogP contribution in [0.25, 0.3) is 17.0 Å². The summed E-state index contributed by atoms with van der Waals surface area (Å²) in [6.07, 6.45) is 3.23. The molecule has 7 nitrogen and oxygen atoms in total. The maximum Gasteiger partial charge on any atom is 0.325 e. The average molecular weight is 498 g/mol. The molecule has 2 amide bonds. The van der Waals surface area contributed by atoms with Crippen LogP contribution in [-0.4, -0.2) is 34.6 Å². The number of nitrogens with one attached hydrogen (secondary N) is 1. The number of nitrogens with zero attached hydrogens (tertiary/aromatic N) is 2. The number of para-hydroxylation sites is 1. The van der Waals surface area contributed by atoms with Crippen LogP contribution in [0.2, 0.25) is 0 Å². The van der Waals surface area contributed by atoms with Crippen LogP contribution in [0.15, 0.2) is 64.8 Å². The van der Waals surface area contributed by atoms with E-state index in [0.29, 0.717) is 11.3 Å². The van der Waals surface area contributed by atoms with Crippen molar-refractivity contribution in [2.75, 3.05) is 12.0 Å². The minimum Gasteiger partial charge on any atom is -0.468 e. The summed E-state index contributed by atoms with van der Waals surface area (Å²) in [7, 11) is 1.32. The Labute approximate surface area is 191 Å². The number of esters is 1. The Balaban J connectivity index is 1.79. The smallest absolute Gasteiger partial charge is 0.325 e. The molecule has 1 fully saturated rings. The van der Waals surface area contributed by atoms with Crippen LogP contribution < -0.4 is 10.2 Å².